The van der Waals surface area contributed by atoms with Gasteiger partial charge in [0.1, 0.15) is 0 Å². The average molecular weight is 342 g/mol. The highest BCUT2D eigenvalue weighted by atomic mass is 16.1. The minimum absolute atomic E-state index is 0.0546. The van der Waals surface area contributed by atoms with Crippen molar-refractivity contribution in [3.05, 3.63) is 83.6 Å². The lowest BCUT2D eigenvalue weighted by atomic mass is 9.83. The minimum atomic E-state index is -0.0546. The zero-order valence-electron chi connectivity index (χ0n) is 14.7. The summed E-state index contributed by atoms with van der Waals surface area (Å²) >= 11 is 0. The number of nitrogens with one attached hydrogen (secondary N) is 1. The summed E-state index contributed by atoms with van der Waals surface area (Å²) < 4.78 is 0. The largest absolute Gasteiger partial charge is 0.352 e. The summed E-state index contributed by atoms with van der Waals surface area (Å²) in [6.45, 7) is 0.688. The van der Waals surface area contributed by atoms with Crippen LogP contribution in [-0.2, 0) is 11.2 Å². The van der Waals surface area contributed by atoms with Crippen molar-refractivity contribution in [1.29, 1.82) is 0 Å². The molecule has 26 heavy (non-hydrogen) atoms. The molecule has 0 aliphatic heterocycles. The number of nitrogens with zero attached hydrogens (tertiary/aromatic N) is 1. The van der Waals surface area contributed by atoms with Crippen LogP contribution in [0.15, 0.2) is 66.9 Å². The van der Waals surface area contributed by atoms with Gasteiger partial charge in [-0.2, -0.15) is 0 Å². The zero-order valence-corrected chi connectivity index (χ0v) is 14.7. The lowest BCUT2D eigenvalue weighted by Gasteiger charge is -2.25. The monoisotopic (exact) mass is 342 g/mol. The summed E-state index contributed by atoms with van der Waals surface area (Å²) in [5.74, 6) is 0.359. The molecule has 1 heterocycles. The Hall–Kier alpha value is -2.94. The van der Waals surface area contributed by atoms with Crippen molar-refractivity contribution in [2.75, 3.05) is 6.54 Å². The molecule has 4 rings (SSSR count). The lowest BCUT2D eigenvalue weighted by Crippen LogP contribution is -2.28. The van der Waals surface area contributed by atoms with E-state index in [1.54, 1.807) is 12.3 Å². The first-order valence-corrected chi connectivity index (χ1v) is 9.19. The Kier molecular flexibility index (Phi) is 4.78. The number of rotatable bonds is 4. The van der Waals surface area contributed by atoms with Gasteiger partial charge < -0.3 is 5.32 Å². The number of benzene rings is 2. The molecule has 3 heteroatoms. The molecule has 1 atom stereocenters. The minimum Gasteiger partial charge on any atom is -0.352 e. The van der Waals surface area contributed by atoms with Crippen LogP contribution in [0.1, 0.15) is 35.4 Å². The molecule has 0 unspecified atom stereocenters. The predicted molar refractivity (Wildman–Crippen MR) is 106 cm³/mol. The van der Waals surface area contributed by atoms with Gasteiger partial charge in [-0.25, -0.2) is 0 Å². The highest BCUT2D eigenvalue weighted by Crippen LogP contribution is 2.30. The van der Waals surface area contributed by atoms with Crippen LogP contribution in [0.2, 0.25) is 0 Å². The van der Waals surface area contributed by atoms with E-state index >= 15 is 0 Å². The van der Waals surface area contributed by atoms with E-state index in [0.29, 0.717) is 12.5 Å². The molecule has 2 aromatic carbocycles. The maximum Gasteiger partial charge on any atom is 0.244 e. The fourth-order valence-electron chi connectivity index (χ4n) is 3.78. The van der Waals surface area contributed by atoms with Gasteiger partial charge in [0.05, 0.1) is 5.52 Å². The van der Waals surface area contributed by atoms with E-state index < -0.39 is 0 Å². The van der Waals surface area contributed by atoms with Crippen LogP contribution in [0.25, 0.3) is 17.0 Å². The van der Waals surface area contributed by atoms with Gasteiger partial charge in [-0.3, -0.25) is 9.78 Å². The molecule has 1 N–H and O–H groups in total. The maximum atomic E-state index is 12.3. The quantitative estimate of drug-likeness (QED) is 0.710. The van der Waals surface area contributed by atoms with Gasteiger partial charge in [0.25, 0.3) is 0 Å². The summed E-state index contributed by atoms with van der Waals surface area (Å²) in [4.78, 5) is 16.7. The number of para-hydroxylation sites is 1. The standard InChI is InChI=1S/C23H22N2O/c26-22(14-13-19-9-4-8-18-11-5-15-24-23(18)19)25-16-20-10-3-7-17-6-1-2-12-21(17)20/h1-2,4-6,8-9,11-15,20H,3,7,10,16H2,(H,25,26)/b14-13+/t20-/m0/s1. The smallest absolute Gasteiger partial charge is 0.244 e. The van der Waals surface area contributed by atoms with E-state index in [0.717, 1.165) is 29.3 Å². The summed E-state index contributed by atoms with van der Waals surface area (Å²) in [5.41, 5.74) is 4.69. The first kappa shape index (κ1) is 16.5. The molecular weight excluding hydrogens is 320 g/mol. The third-order valence-corrected chi connectivity index (χ3v) is 5.09. The number of hydrogen-bond acceptors (Lipinski definition) is 2. The van der Waals surface area contributed by atoms with Crippen molar-refractivity contribution < 1.29 is 4.79 Å². The molecular formula is C23H22N2O. The molecule has 0 fully saturated rings. The van der Waals surface area contributed by atoms with Gasteiger partial charge >= 0.3 is 0 Å². The van der Waals surface area contributed by atoms with Gasteiger partial charge in [0, 0.05) is 35.7 Å². The van der Waals surface area contributed by atoms with Crippen molar-refractivity contribution in [3.63, 3.8) is 0 Å². The van der Waals surface area contributed by atoms with Gasteiger partial charge in [-0.05, 0) is 42.5 Å². The number of pyridine rings is 1. The molecule has 0 saturated carbocycles. The van der Waals surface area contributed by atoms with Crippen LogP contribution in [0.3, 0.4) is 0 Å². The number of carbonyl (C=O) groups excluding carboxylic acids is 1. The number of aryl methyl sites for hydroxylation is 1. The van der Waals surface area contributed by atoms with E-state index in [1.165, 1.54) is 17.5 Å². The highest BCUT2D eigenvalue weighted by molar-refractivity contribution is 5.95. The Labute approximate surface area is 153 Å². The van der Waals surface area contributed by atoms with Gasteiger partial charge in [-0.1, -0.05) is 48.5 Å². The van der Waals surface area contributed by atoms with Crippen LogP contribution in [0.5, 0.6) is 0 Å². The maximum absolute atomic E-state index is 12.3. The highest BCUT2D eigenvalue weighted by Gasteiger charge is 2.19. The molecule has 1 aliphatic carbocycles. The first-order chi connectivity index (χ1) is 12.8. The SMILES string of the molecule is O=C(/C=C/c1cccc2cccnc12)NC[C@@H]1CCCc2ccccc21. The summed E-state index contributed by atoms with van der Waals surface area (Å²) in [5, 5.41) is 4.14. The number of aromatic nitrogens is 1. The van der Waals surface area contributed by atoms with Crippen LogP contribution in [-0.4, -0.2) is 17.4 Å². The topological polar surface area (TPSA) is 42.0 Å². The fourth-order valence-corrected chi connectivity index (χ4v) is 3.78. The third-order valence-electron chi connectivity index (χ3n) is 5.09. The number of carbonyl (C=O) groups is 1. The van der Waals surface area contributed by atoms with E-state index in [4.69, 9.17) is 0 Å². The van der Waals surface area contributed by atoms with Crippen molar-refractivity contribution in [1.82, 2.24) is 10.3 Å². The average Bonchev–Trinajstić information content (AvgIpc) is 2.70. The zero-order chi connectivity index (χ0) is 17.8. The third kappa shape index (κ3) is 3.52. The van der Waals surface area contributed by atoms with Crippen LogP contribution >= 0.6 is 0 Å². The van der Waals surface area contributed by atoms with E-state index in [9.17, 15) is 4.79 Å². The molecule has 3 aromatic rings. The fraction of sp³-hybridized carbons (Fsp3) is 0.217. The Morgan fingerprint density at radius 1 is 1.12 bits per heavy atom. The molecule has 3 nitrogen and oxygen atoms in total. The number of amides is 1. The predicted octanol–water partition coefficient (Wildman–Crippen LogP) is 4.48. The second kappa shape index (κ2) is 7.52. The second-order valence-electron chi connectivity index (χ2n) is 6.79. The Bertz CT molecular complexity index is 956. The Morgan fingerprint density at radius 2 is 2.00 bits per heavy atom. The number of hydrogen-bond donors (Lipinski definition) is 1. The molecule has 130 valence electrons. The van der Waals surface area contributed by atoms with Crippen molar-refractivity contribution in [2.45, 2.75) is 25.2 Å². The van der Waals surface area contributed by atoms with E-state index in [-0.39, 0.29) is 5.91 Å². The molecule has 0 radical (unpaired) electrons. The first-order valence-electron chi connectivity index (χ1n) is 9.19. The van der Waals surface area contributed by atoms with Gasteiger partial charge in [0.15, 0.2) is 0 Å². The molecule has 1 aliphatic rings. The summed E-state index contributed by atoms with van der Waals surface area (Å²) in [6.07, 6.45) is 8.70. The van der Waals surface area contributed by atoms with Crippen molar-refractivity contribution in [2.24, 2.45) is 0 Å². The molecule has 0 spiro atoms. The van der Waals surface area contributed by atoms with Crippen molar-refractivity contribution >= 4 is 22.9 Å². The van der Waals surface area contributed by atoms with Crippen LogP contribution in [0, 0.1) is 0 Å². The molecule has 1 amide bonds. The lowest BCUT2D eigenvalue weighted by molar-refractivity contribution is -0.116. The molecule has 1 aromatic heterocycles. The Balaban J connectivity index is 1.42. The van der Waals surface area contributed by atoms with Crippen LogP contribution < -0.4 is 5.32 Å². The van der Waals surface area contributed by atoms with Gasteiger partial charge in [-0.15, -0.1) is 0 Å². The van der Waals surface area contributed by atoms with Gasteiger partial charge in [0.2, 0.25) is 5.91 Å². The van der Waals surface area contributed by atoms with E-state index in [2.05, 4.69) is 34.6 Å². The second-order valence-corrected chi connectivity index (χ2v) is 6.79. The molecule has 0 bridgehead atoms. The summed E-state index contributed by atoms with van der Waals surface area (Å²) in [6, 6.07) is 18.5. The Morgan fingerprint density at radius 3 is 2.96 bits per heavy atom. The normalized spacial score (nSPS) is 16.5. The van der Waals surface area contributed by atoms with E-state index in [1.807, 2.05) is 36.4 Å². The number of fused-ring (bicyclic) bond motifs is 2. The molecule has 0 saturated heterocycles. The summed E-state index contributed by atoms with van der Waals surface area (Å²) in [7, 11) is 0. The van der Waals surface area contributed by atoms with Crippen molar-refractivity contribution in [3.8, 4) is 0 Å². The van der Waals surface area contributed by atoms with Crippen LogP contribution in [0.4, 0.5) is 0 Å².